The smallest absolute Gasteiger partial charge is 0.294 e. The highest BCUT2D eigenvalue weighted by atomic mass is 35.5. The Labute approximate surface area is 110 Å². The molecule has 0 spiro atoms. The van der Waals surface area contributed by atoms with Crippen LogP contribution in [0.15, 0.2) is 12.1 Å². The number of hydrogen-bond donors (Lipinski definition) is 1. The van der Waals surface area contributed by atoms with Crippen LogP contribution in [0.5, 0.6) is 0 Å². The minimum absolute atomic E-state index is 0.0456. The normalized spacial score (nSPS) is 12.2. The standard InChI is InChI=1S/C12H16ClFN2O2/c1-3-4-5-8(2)15-11-7-10(14)9(13)6-12(11)16(17)18/h6-8,15H,3-5H2,1-2H3. The number of rotatable bonds is 6. The molecule has 1 aromatic carbocycles. The number of unbranched alkanes of at least 4 members (excludes halogenated alkanes) is 1. The van der Waals surface area contributed by atoms with Gasteiger partial charge in [-0.1, -0.05) is 31.4 Å². The second-order valence-corrected chi connectivity index (χ2v) is 4.64. The highest BCUT2D eigenvalue weighted by Crippen LogP contribution is 2.31. The number of nitrogens with one attached hydrogen (secondary N) is 1. The molecule has 4 nitrogen and oxygen atoms in total. The zero-order chi connectivity index (χ0) is 13.7. The molecule has 0 aliphatic carbocycles. The van der Waals surface area contributed by atoms with Crippen molar-refractivity contribution in [2.75, 3.05) is 5.32 Å². The van der Waals surface area contributed by atoms with E-state index in [-0.39, 0.29) is 22.4 Å². The molecule has 0 aliphatic rings. The Bertz CT molecular complexity index is 440. The predicted molar refractivity (Wildman–Crippen MR) is 70.7 cm³/mol. The molecule has 0 amide bonds. The average Bonchev–Trinajstić information content (AvgIpc) is 2.30. The van der Waals surface area contributed by atoms with Gasteiger partial charge in [-0.3, -0.25) is 10.1 Å². The van der Waals surface area contributed by atoms with Crippen molar-refractivity contribution in [3.05, 3.63) is 33.1 Å². The van der Waals surface area contributed by atoms with Crippen LogP contribution in [-0.2, 0) is 0 Å². The molecule has 1 atom stereocenters. The van der Waals surface area contributed by atoms with E-state index in [0.717, 1.165) is 31.4 Å². The molecule has 0 aliphatic heterocycles. The molecule has 0 fully saturated rings. The summed E-state index contributed by atoms with van der Waals surface area (Å²) in [6.45, 7) is 3.98. The lowest BCUT2D eigenvalue weighted by Crippen LogP contribution is -2.16. The van der Waals surface area contributed by atoms with E-state index in [4.69, 9.17) is 11.6 Å². The van der Waals surface area contributed by atoms with Crippen molar-refractivity contribution in [2.24, 2.45) is 0 Å². The van der Waals surface area contributed by atoms with E-state index in [9.17, 15) is 14.5 Å². The molecule has 0 heterocycles. The molecule has 1 rings (SSSR count). The van der Waals surface area contributed by atoms with Gasteiger partial charge in [0.2, 0.25) is 0 Å². The van der Waals surface area contributed by atoms with Crippen LogP contribution in [0.4, 0.5) is 15.8 Å². The van der Waals surface area contributed by atoms with Crippen LogP contribution in [0.25, 0.3) is 0 Å². The molecule has 0 saturated carbocycles. The van der Waals surface area contributed by atoms with Crippen LogP contribution in [-0.4, -0.2) is 11.0 Å². The van der Waals surface area contributed by atoms with Gasteiger partial charge in [-0.05, 0) is 13.3 Å². The van der Waals surface area contributed by atoms with Gasteiger partial charge >= 0.3 is 0 Å². The molecule has 6 heteroatoms. The molecule has 0 saturated heterocycles. The van der Waals surface area contributed by atoms with Crippen molar-refractivity contribution in [1.29, 1.82) is 0 Å². The maximum atomic E-state index is 13.3. The summed E-state index contributed by atoms with van der Waals surface area (Å²) in [7, 11) is 0. The van der Waals surface area contributed by atoms with Crippen molar-refractivity contribution in [3.8, 4) is 0 Å². The number of hydrogen-bond acceptors (Lipinski definition) is 3. The summed E-state index contributed by atoms with van der Waals surface area (Å²) in [6, 6.07) is 2.15. The average molecular weight is 275 g/mol. The van der Waals surface area contributed by atoms with Crippen LogP contribution in [0, 0.1) is 15.9 Å². The first-order valence-electron chi connectivity index (χ1n) is 5.85. The highest BCUT2D eigenvalue weighted by molar-refractivity contribution is 6.31. The lowest BCUT2D eigenvalue weighted by Gasteiger charge is -2.15. The van der Waals surface area contributed by atoms with Gasteiger partial charge in [0.1, 0.15) is 11.5 Å². The zero-order valence-electron chi connectivity index (χ0n) is 10.4. The quantitative estimate of drug-likeness (QED) is 0.619. The molecule has 0 aromatic heterocycles. The number of anilines is 1. The first kappa shape index (κ1) is 14.7. The fourth-order valence-electron chi connectivity index (χ4n) is 1.65. The van der Waals surface area contributed by atoms with E-state index in [1.165, 1.54) is 0 Å². The van der Waals surface area contributed by atoms with Crippen LogP contribution >= 0.6 is 11.6 Å². The van der Waals surface area contributed by atoms with E-state index in [1.54, 1.807) is 0 Å². The monoisotopic (exact) mass is 274 g/mol. The maximum absolute atomic E-state index is 13.3. The minimum Gasteiger partial charge on any atom is -0.377 e. The molecular formula is C12H16ClFN2O2. The number of nitro benzene ring substituents is 1. The Morgan fingerprint density at radius 3 is 2.78 bits per heavy atom. The summed E-state index contributed by atoms with van der Waals surface area (Å²) in [5.41, 5.74) is -0.0322. The first-order valence-corrected chi connectivity index (χ1v) is 6.23. The second kappa shape index (κ2) is 6.54. The van der Waals surface area contributed by atoms with Gasteiger partial charge in [0, 0.05) is 18.2 Å². The lowest BCUT2D eigenvalue weighted by molar-refractivity contribution is -0.384. The summed E-state index contributed by atoms with van der Waals surface area (Å²) in [4.78, 5) is 10.3. The van der Waals surface area contributed by atoms with E-state index in [1.807, 2.05) is 6.92 Å². The van der Waals surface area contributed by atoms with Gasteiger partial charge in [0.15, 0.2) is 0 Å². The summed E-state index contributed by atoms with van der Waals surface area (Å²) >= 11 is 5.54. The van der Waals surface area contributed by atoms with E-state index in [2.05, 4.69) is 12.2 Å². The zero-order valence-corrected chi connectivity index (χ0v) is 11.1. The third-order valence-corrected chi connectivity index (χ3v) is 2.92. The largest absolute Gasteiger partial charge is 0.377 e. The Morgan fingerprint density at radius 1 is 1.56 bits per heavy atom. The van der Waals surface area contributed by atoms with Gasteiger partial charge in [0.25, 0.3) is 5.69 Å². The number of nitro groups is 1. The van der Waals surface area contributed by atoms with Gasteiger partial charge in [-0.2, -0.15) is 0 Å². The summed E-state index contributed by atoms with van der Waals surface area (Å²) < 4.78 is 13.3. The summed E-state index contributed by atoms with van der Waals surface area (Å²) in [5, 5.41) is 13.6. The Hall–Kier alpha value is -1.36. The molecule has 18 heavy (non-hydrogen) atoms. The van der Waals surface area contributed by atoms with Crippen molar-refractivity contribution < 1.29 is 9.31 Å². The molecular weight excluding hydrogens is 259 g/mol. The lowest BCUT2D eigenvalue weighted by atomic mass is 10.1. The Kier molecular flexibility index (Phi) is 5.34. The third kappa shape index (κ3) is 3.84. The van der Waals surface area contributed by atoms with Crippen LogP contribution in [0.3, 0.4) is 0 Å². The van der Waals surface area contributed by atoms with Crippen LogP contribution in [0.2, 0.25) is 5.02 Å². The van der Waals surface area contributed by atoms with Crippen molar-refractivity contribution in [2.45, 2.75) is 39.2 Å². The van der Waals surface area contributed by atoms with Crippen molar-refractivity contribution in [3.63, 3.8) is 0 Å². The topological polar surface area (TPSA) is 55.2 Å². The number of halogens is 2. The summed E-state index contributed by atoms with van der Waals surface area (Å²) in [6.07, 6.45) is 2.93. The number of nitrogens with zero attached hydrogens (tertiary/aromatic N) is 1. The van der Waals surface area contributed by atoms with Crippen LogP contribution < -0.4 is 5.32 Å². The molecule has 0 bridgehead atoms. The maximum Gasteiger partial charge on any atom is 0.294 e. The van der Waals surface area contributed by atoms with Crippen LogP contribution in [0.1, 0.15) is 33.1 Å². The van der Waals surface area contributed by atoms with Crippen molar-refractivity contribution >= 4 is 23.0 Å². The fraction of sp³-hybridized carbons (Fsp3) is 0.500. The number of benzene rings is 1. The fourth-order valence-corrected chi connectivity index (χ4v) is 1.81. The van der Waals surface area contributed by atoms with Gasteiger partial charge < -0.3 is 5.32 Å². The van der Waals surface area contributed by atoms with Crippen molar-refractivity contribution in [1.82, 2.24) is 0 Å². The third-order valence-electron chi connectivity index (χ3n) is 2.63. The molecule has 100 valence electrons. The SMILES string of the molecule is CCCCC(C)Nc1cc(F)c(Cl)cc1[N+](=O)[O-]. The Balaban J connectivity index is 2.93. The second-order valence-electron chi connectivity index (χ2n) is 4.23. The van der Waals surface area contributed by atoms with E-state index < -0.39 is 10.7 Å². The van der Waals surface area contributed by atoms with E-state index in [0.29, 0.717) is 0 Å². The molecule has 1 N–H and O–H groups in total. The van der Waals surface area contributed by atoms with Gasteiger partial charge in [-0.25, -0.2) is 4.39 Å². The first-order chi connectivity index (χ1) is 8.45. The summed E-state index contributed by atoms with van der Waals surface area (Å²) in [5.74, 6) is -0.660. The van der Waals surface area contributed by atoms with Gasteiger partial charge in [0.05, 0.1) is 9.95 Å². The highest BCUT2D eigenvalue weighted by Gasteiger charge is 2.18. The molecule has 1 aromatic rings. The molecule has 1 unspecified atom stereocenters. The van der Waals surface area contributed by atoms with Gasteiger partial charge in [-0.15, -0.1) is 0 Å². The Morgan fingerprint density at radius 2 is 2.22 bits per heavy atom. The predicted octanol–water partition coefficient (Wildman–Crippen LogP) is 4.38. The van der Waals surface area contributed by atoms with E-state index >= 15 is 0 Å². The minimum atomic E-state index is -0.660. The molecule has 0 radical (unpaired) electrons.